The number of halogens is 3. The molecule has 1 amide bonds. The number of rotatable bonds is 10. The van der Waals surface area contributed by atoms with Crippen LogP contribution in [0.25, 0.3) is 0 Å². The van der Waals surface area contributed by atoms with Crippen molar-refractivity contribution in [2.24, 2.45) is 5.73 Å². The number of hydrogen-bond acceptors (Lipinski definition) is 10. The van der Waals surface area contributed by atoms with Crippen LogP contribution in [0.15, 0.2) is 60.7 Å². The van der Waals surface area contributed by atoms with Crippen molar-refractivity contribution >= 4 is 35.1 Å². The highest BCUT2D eigenvalue weighted by atomic mass is 19.4. The molecule has 41 heavy (non-hydrogen) atoms. The van der Waals surface area contributed by atoms with Gasteiger partial charge in [-0.05, 0) is 54.1 Å². The number of amides is 1. The van der Waals surface area contributed by atoms with Crippen LogP contribution in [0.5, 0.6) is 17.2 Å². The van der Waals surface area contributed by atoms with Crippen LogP contribution in [0.1, 0.15) is 27.5 Å². The number of carbonyl (C=O) groups excluding carboxylic acids is 3. The molecule has 0 fully saturated rings. The predicted octanol–water partition coefficient (Wildman–Crippen LogP) is 3.24. The third-order valence-corrected chi connectivity index (χ3v) is 5.49. The number of nitrogens with one attached hydrogen (secondary N) is 4. The summed E-state index contributed by atoms with van der Waals surface area (Å²) < 4.78 is 51.9. The van der Waals surface area contributed by atoms with Gasteiger partial charge in [0.1, 0.15) is 11.9 Å². The number of ether oxygens (including phenoxy) is 3. The largest absolute Gasteiger partial charge is 0.502 e. The van der Waals surface area contributed by atoms with Gasteiger partial charge in [-0.3, -0.25) is 21.1 Å². The minimum absolute atomic E-state index is 0.0127. The SMILES string of the molecule is COc1cc(C(Nc2ccc(C(=N)N)cc2)C(=O)NNc2ccccc2C(=O)OC(=O)C(F)(F)F)cc(OC)c1O. The lowest BCUT2D eigenvalue weighted by atomic mass is 10.0. The summed E-state index contributed by atoms with van der Waals surface area (Å²) in [7, 11) is 2.59. The van der Waals surface area contributed by atoms with Crippen LogP contribution in [0.3, 0.4) is 0 Å². The molecule has 1 unspecified atom stereocenters. The number of methoxy groups -OCH3 is 2. The summed E-state index contributed by atoms with van der Waals surface area (Å²) in [6, 6.07) is 12.8. The van der Waals surface area contributed by atoms with Crippen LogP contribution < -0.4 is 31.4 Å². The zero-order chi connectivity index (χ0) is 30.3. The number of hydrazine groups is 1. The second-order valence-electron chi connectivity index (χ2n) is 8.18. The van der Waals surface area contributed by atoms with Crippen molar-refractivity contribution in [3.05, 3.63) is 77.4 Å². The van der Waals surface area contributed by atoms with Crippen LogP contribution in [-0.2, 0) is 14.3 Å². The van der Waals surface area contributed by atoms with Crippen LogP contribution >= 0.6 is 0 Å². The van der Waals surface area contributed by atoms with Gasteiger partial charge in [-0.1, -0.05) is 12.1 Å². The van der Waals surface area contributed by atoms with Crippen molar-refractivity contribution in [2.75, 3.05) is 25.0 Å². The molecule has 0 spiro atoms. The molecule has 0 aliphatic rings. The van der Waals surface area contributed by atoms with E-state index in [-0.39, 0.29) is 34.3 Å². The molecule has 216 valence electrons. The summed E-state index contributed by atoms with van der Waals surface area (Å²) in [5, 5.41) is 20.8. The van der Waals surface area contributed by atoms with Crippen molar-refractivity contribution in [3.63, 3.8) is 0 Å². The second kappa shape index (κ2) is 12.6. The number of carbonyl (C=O) groups is 3. The molecule has 0 radical (unpaired) electrons. The molecule has 1 atom stereocenters. The fraction of sp³-hybridized carbons (Fsp3) is 0.154. The van der Waals surface area contributed by atoms with E-state index in [2.05, 4.69) is 20.9 Å². The molecule has 7 N–H and O–H groups in total. The van der Waals surface area contributed by atoms with Gasteiger partial charge in [0, 0.05) is 11.3 Å². The first kappa shape index (κ1) is 30.1. The van der Waals surface area contributed by atoms with Gasteiger partial charge in [0.15, 0.2) is 11.5 Å². The Balaban J connectivity index is 1.92. The molecule has 0 aromatic heterocycles. The van der Waals surface area contributed by atoms with Crippen molar-refractivity contribution in [1.82, 2.24) is 5.43 Å². The van der Waals surface area contributed by atoms with Crippen LogP contribution in [0.4, 0.5) is 24.5 Å². The van der Waals surface area contributed by atoms with Gasteiger partial charge in [-0.2, -0.15) is 13.2 Å². The first-order valence-electron chi connectivity index (χ1n) is 11.5. The standard InChI is InChI=1S/C26H24F3N5O7/c1-39-18-11-14(12-19(40-2)21(18)35)20(32-15-9-7-13(8-10-15)22(30)31)23(36)34-33-17-6-4-3-5-16(17)24(37)41-25(38)26(27,28)29/h3-12,20,32-33,35H,1-2H3,(H3,30,31)(H,34,36). The molecule has 3 aromatic rings. The number of esters is 2. The highest BCUT2D eigenvalue weighted by Crippen LogP contribution is 2.39. The Morgan fingerprint density at radius 2 is 1.56 bits per heavy atom. The number of alkyl halides is 3. The molecule has 0 bridgehead atoms. The number of aromatic hydroxyl groups is 1. The summed E-state index contributed by atoms with van der Waals surface area (Å²) in [5.74, 6) is -5.58. The summed E-state index contributed by atoms with van der Waals surface area (Å²) in [5.41, 5.74) is 10.7. The molecule has 0 aliphatic heterocycles. The van der Waals surface area contributed by atoms with E-state index in [0.717, 1.165) is 6.07 Å². The van der Waals surface area contributed by atoms with E-state index in [0.29, 0.717) is 11.3 Å². The highest BCUT2D eigenvalue weighted by molar-refractivity contribution is 6.02. The Hall–Kier alpha value is -5.47. The Morgan fingerprint density at radius 1 is 0.976 bits per heavy atom. The van der Waals surface area contributed by atoms with Crippen LogP contribution in [-0.4, -0.2) is 49.2 Å². The average Bonchev–Trinajstić information content (AvgIpc) is 2.94. The van der Waals surface area contributed by atoms with Gasteiger partial charge >= 0.3 is 18.1 Å². The van der Waals surface area contributed by atoms with Gasteiger partial charge in [0.25, 0.3) is 5.91 Å². The normalized spacial score (nSPS) is 11.5. The van der Waals surface area contributed by atoms with E-state index in [1.165, 1.54) is 44.6 Å². The maximum absolute atomic E-state index is 13.4. The van der Waals surface area contributed by atoms with E-state index in [1.54, 1.807) is 24.3 Å². The average molecular weight is 576 g/mol. The zero-order valence-electron chi connectivity index (χ0n) is 21.5. The van der Waals surface area contributed by atoms with E-state index in [1.807, 2.05) is 0 Å². The van der Waals surface area contributed by atoms with Gasteiger partial charge in [-0.15, -0.1) is 0 Å². The molecule has 3 aromatic carbocycles. The lowest BCUT2D eigenvalue weighted by Gasteiger charge is -2.22. The maximum atomic E-state index is 13.4. The summed E-state index contributed by atoms with van der Waals surface area (Å²) in [6.45, 7) is 0. The Bertz CT molecular complexity index is 1440. The van der Waals surface area contributed by atoms with Gasteiger partial charge in [-0.25, -0.2) is 9.59 Å². The smallest absolute Gasteiger partial charge is 0.491 e. The fourth-order valence-corrected chi connectivity index (χ4v) is 3.46. The van der Waals surface area contributed by atoms with Gasteiger partial charge in [0.05, 0.1) is 25.5 Å². The predicted molar refractivity (Wildman–Crippen MR) is 140 cm³/mol. The van der Waals surface area contributed by atoms with Crippen molar-refractivity contribution in [1.29, 1.82) is 5.41 Å². The third-order valence-electron chi connectivity index (χ3n) is 5.49. The van der Waals surface area contributed by atoms with Crippen molar-refractivity contribution in [3.8, 4) is 17.2 Å². The second-order valence-corrected chi connectivity index (χ2v) is 8.18. The van der Waals surface area contributed by atoms with E-state index >= 15 is 0 Å². The number of nitrogen functional groups attached to an aromatic ring is 1. The van der Waals surface area contributed by atoms with E-state index < -0.39 is 35.6 Å². The molecule has 0 saturated heterocycles. The number of benzene rings is 3. The number of phenols is 1. The quantitative estimate of drug-likeness (QED) is 0.0689. The monoisotopic (exact) mass is 575 g/mol. The number of para-hydroxylation sites is 1. The summed E-state index contributed by atoms with van der Waals surface area (Å²) >= 11 is 0. The van der Waals surface area contributed by atoms with Gasteiger partial charge < -0.3 is 30.4 Å². The molecule has 0 heterocycles. The molecule has 0 aliphatic carbocycles. The minimum Gasteiger partial charge on any atom is -0.502 e. The number of amidine groups is 1. The molecular weight excluding hydrogens is 551 g/mol. The van der Waals surface area contributed by atoms with Crippen molar-refractivity contribution in [2.45, 2.75) is 12.2 Å². The lowest BCUT2D eigenvalue weighted by Crippen LogP contribution is -2.37. The van der Waals surface area contributed by atoms with E-state index in [4.69, 9.17) is 20.6 Å². The number of hydrogen-bond donors (Lipinski definition) is 6. The molecule has 3 rings (SSSR count). The van der Waals surface area contributed by atoms with E-state index in [9.17, 15) is 32.7 Å². The third kappa shape index (κ3) is 7.35. The summed E-state index contributed by atoms with van der Waals surface area (Å²) in [4.78, 5) is 36.8. The Labute approximate surface area is 230 Å². The topological polar surface area (TPSA) is 185 Å². The zero-order valence-corrected chi connectivity index (χ0v) is 21.5. The molecule has 12 nitrogen and oxygen atoms in total. The number of anilines is 2. The first-order chi connectivity index (χ1) is 19.3. The minimum atomic E-state index is -5.39. The molecule has 15 heteroatoms. The fourth-order valence-electron chi connectivity index (χ4n) is 3.46. The van der Waals surface area contributed by atoms with Crippen LogP contribution in [0, 0.1) is 5.41 Å². The lowest BCUT2D eigenvalue weighted by molar-refractivity contribution is -0.193. The molecule has 0 saturated carbocycles. The number of phenolic OH excluding ortho intramolecular Hbond substituents is 1. The Kier molecular flexibility index (Phi) is 9.24. The van der Waals surface area contributed by atoms with Gasteiger partial charge in [0.2, 0.25) is 5.75 Å². The summed E-state index contributed by atoms with van der Waals surface area (Å²) in [6.07, 6.45) is -5.39. The highest BCUT2D eigenvalue weighted by Gasteiger charge is 2.42. The maximum Gasteiger partial charge on any atom is 0.491 e. The first-order valence-corrected chi connectivity index (χ1v) is 11.5. The van der Waals surface area contributed by atoms with Crippen LogP contribution in [0.2, 0.25) is 0 Å². The molecular formula is C26H24F3N5O7. The Morgan fingerprint density at radius 3 is 2.10 bits per heavy atom. The number of nitrogens with two attached hydrogens (primary N) is 1. The van der Waals surface area contributed by atoms with Crippen molar-refractivity contribution < 1.29 is 46.9 Å².